The molecule has 3 aromatic carbocycles. The highest BCUT2D eigenvalue weighted by Crippen LogP contribution is 2.39. The third-order valence-electron chi connectivity index (χ3n) is 5.41. The van der Waals surface area contributed by atoms with Crippen LogP contribution in [0.3, 0.4) is 0 Å². The van der Waals surface area contributed by atoms with Gasteiger partial charge in [-0.25, -0.2) is 0 Å². The van der Waals surface area contributed by atoms with Gasteiger partial charge in [-0.1, -0.05) is 67.6 Å². The lowest BCUT2D eigenvalue weighted by Gasteiger charge is -2.26. The lowest BCUT2D eigenvalue weighted by Crippen LogP contribution is -2.30. The van der Waals surface area contributed by atoms with Gasteiger partial charge >= 0.3 is 0 Å². The molecule has 5 heteroatoms. The van der Waals surface area contributed by atoms with Crippen molar-refractivity contribution in [2.24, 2.45) is 0 Å². The van der Waals surface area contributed by atoms with Crippen LogP contribution in [-0.2, 0) is 0 Å². The first-order valence-electron chi connectivity index (χ1n) is 10.4. The van der Waals surface area contributed by atoms with E-state index in [2.05, 4.69) is 18.7 Å². The van der Waals surface area contributed by atoms with E-state index in [4.69, 9.17) is 34.8 Å². The number of halogens is 3. The number of fused-ring (bicyclic) bond motifs is 3. The van der Waals surface area contributed by atoms with Crippen molar-refractivity contribution in [1.29, 1.82) is 0 Å². The molecule has 3 aromatic rings. The number of aliphatic hydroxyl groups excluding tert-OH is 1. The highest BCUT2D eigenvalue weighted by molar-refractivity contribution is 6.41. The number of hydrogen-bond donors (Lipinski definition) is 1. The van der Waals surface area contributed by atoms with Crippen LogP contribution in [0.2, 0.25) is 15.1 Å². The third kappa shape index (κ3) is 5.37. The van der Waals surface area contributed by atoms with E-state index in [-0.39, 0.29) is 0 Å². The summed E-state index contributed by atoms with van der Waals surface area (Å²) in [6, 6.07) is 11.4. The molecule has 3 rings (SSSR count). The van der Waals surface area contributed by atoms with Crippen molar-refractivity contribution < 1.29 is 5.11 Å². The van der Waals surface area contributed by atoms with E-state index in [1.165, 1.54) is 0 Å². The van der Waals surface area contributed by atoms with Crippen molar-refractivity contribution >= 4 is 56.3 Å². The first-order valence-corrected chi connectivity index (χ1v) is 11.5. The normalized spacial score (nSPS) is 12.9. The van der Waals surface area contributed by atoms with Gasteiger partial charge in [0.25, 0.3) is 0 Å². The molecule has 0 aliphatic carbocycles. The first-order chi connectivity index (χ1) is 13.9. The molecule has 0 heterocycles. The minimum absolute atomic E-state index is 0.568. The Labute approximate surface area is 188 Å². The lowest BCUT2D eigenvalue weighted by molar-refractivity contribution is 0.112. The Morgan fingerprint density at radius 2 is 1.55 bits per heavy atom. The van der Waals surface area contributed by atoms with E-state index >= 15 is 0 Å². The molecular weight excluding hydrogens is 425 g/mol. The number of aliphatic hydroxyl groups is 1. The summed E-state index contributed by atoms with van der Waals surface area (Å²) in [4.78, 5) is 2.36. The van der Waals surface area contributed by atoms with Crippen LogP contribution in [0.5, 0.6) is 0 Å². The summed E-state index contributed by atoms with van der Waals surface area (Å²) in [6.45, 7) is 6.96. The fraction of sp³-hybridized carbons (Fsp3) is 0.417. The quantitative estimate of drug-likeness (QED) is 0.334. The summed E-state index contributed by atoms with van der Waals surface area (Å²) >= 11 is 19.2. The Kier molecular flexibility index (Phi) is 8.07. The molecular formula is C24H28Cl3NO. The molecule has 0 fully saturated rings. The Bertz CT molecular complexity index is 981. The Morgan fingerprint density at radius 3 is 2.21 bits per heavy atom. The largest absolute Gasteiger partial charge is 0.387 e. The molecule has 0 saturated heterocycles. The maximum absolute atomic E-state index is 11.2. The Balaban J connectivity index is 2.08. The van der Waals surface area contributed by atoms with Gasteiger partial charge in [-0.05, 0) is 78.0 Å². The smallest absolute Gasteiger partial charge is 0.0923 e. The van der Waals surface area contributed by atoms with Gasteiger partial charge in [-0.2, -0.15) is 0 Å². The zero-order valence-electron chi connectivity index (χ0n) is 17.0. The van der Waals surface area contributed by atoms with Gasteiger partial charge in [0.1, 0.15) is 0 Å². The average Bonchev–Trinajstić information content (AvgIpc) is 2.68. The van der Waals surface area contributed by atoms with E-state index < -0.39 is 6.10 Å². The van der Waals surface area contributed by atoms with E-state index in [1.807, 2.05) is 30.3 Å². The molecule has 0 aliphatic rings. The van der Waals surface area contributed by atoms with Crippen LogP contribution in [0.4, 0.5) is 0 Å². The van der Waals surface area contributed by atoms with Gasteiger partial charge < -0.3 is 10.0 Å². The summed E-state index contributed by atoms with van der Waals surface area (Å²) in [7, 11) is 0. The van der Waals surface area contributed by atoms with Crippen LogP contribution in [0.25, 0.3) is 21.5 Å². The zero-order chi connectivity index (χ0) is 21.0. The fourth-order valence-electron chi connectivity index (χ4n) is 3.88. The molecule has 2 nitrogen and oxygen atoms in total. The van der Waals surface area contributed by atoms with E-state index in [9.17, 15) is 5.11 Å². The number of unbranched alkanes of at least 4 members (excludes halogenated alkanes) is 2. The van der Waals surface area contributed by atoms with Crippen LogP contribution in [0.1, 0.15) is 51.2 Å². The van der Waals surface area contributed by atoms with Gasteiger partial charge in [0.15, 0.2) is 0 Å². The number of nitrogens with zero attached hydrogens (tertiary/aromatic N) is 1. The molecule has 0 saturated carbocycles. The van der Waals surface area contributed by atoms with Crippen LogP contribution in [0.15, 0.2) is 36.4 Å². The topological polar surface area (TPSA) is 23.5 Å². The molecule has 0 aliphatic heterocycles. The summed E-state index contributed by atoms with van der Waals surface area (Å²) in [5.74, 6) is 0. The zero-order valence-corrected chi connectivity index (χ0v) is 19.3. The van der Waals surface area contributed by atoms with Crippen LogP contribution in [-0.4, -0.2) is 29.6 Å². The van der Waals surface area contributed by atoms with E-state index in [1.54, 1.807) is 6.07 Å². The number of rotatable bonds is 9. The lowest BCUT2D eigenvalue weighted by atomic mass is 9.94. The standard InChI is InChI=1S/C24H28Cl3NO/c1-3-5-9-28(10-6-4-2)15-23(29)20-12-16-11-17(25)7-8-19(16)24-21(20)13-18(26)14-22(24)27/h7-8,11-14,23,29H,3-6,9-10,15H2,1-2H3. The van der Waals surface area contributed by atoms with Crippen molar-refractivity contribution in [3.63, 3.8) is 0 Å². The highest BCUT2D eigenvalue weighted by Gasteiger charge is 2.19. The van der Waals surface area contributed by atoms with Crippen LogP contribution < -0.4 is 0 Å². The second-order valence-electron chi connectivity index (χ2n) is 7.66. The first kappa shape index (κ1) is 22.7. The summed E-state index contributed by atoms with van der Waals surface area (Å²) < 4.78 is 0. The van der Waals surface area contributed by atoms with E-state index in [0.29, 0.717) is 21.6 Å². The number of benzene rings is 3. The summed E-state index contributed by atoms with van der Waals surface area (Å²) in [6.07, 6.45) is 3.90. The van der Waals surface area contributed by atoms with Crippen molar-refractivity contribution in [1.82, 2.24) is 4.90 Å². The molecule has 156 valence electrons. The fourth-order valence-corrected chi connectivity index (χ4v) is 4.65. The van der Waals surface area contributed by atoms with Gasteiger partial charge in [0, 0.05) is 22.0 Å². The molecule has 1 N–H and O–H groups in total. The molecule has 1 unspecified atom stereocenters. The van der Waals surface area contributed by atoms with Gasteiger partial charge in [-0.15, -0.1) is 0 Å². The minimum Gasteiger partial charge on any atom is -0.387 e. The maximum Gasteiger partial charge on any atom is 0.0923 e. The summed E-state index contributed by atoms with van der Waals surface area (Å²) in [5, 5.41) is 16.8. The van der Waals surface area contributed by atoms with Crippen LogP contribution >= 0.6 is 34.8 Å². The monoisotopic (exact) mass is 451 g/mol. The molecule has 29 heavy (non-hydrogen) atoms. The highest BCUT2D eigenvalue weighted by atomic mass is 35.5. The summed E-state index contributed by atoms with van der Waals surface area (Å²) in [5.41, 5.74) is 0.845. The minimum atomic E-state index is -0.635. The number of hydrogen-bond acceptors (Lipinski definition) is 2. The van der Waals surface area contributed by atoms with Gasteiger partial charge in [-0.3, -0.25) is 0 Å². The SMILES string of the molecule is CCCCN(CCCC)CC(O)c1cc2cc(Cl)ccc2c2c(Cl)cc(Cl)cc12. The molecule has 0 radical (unpaired) electrons. The third-order valence-corrected chi connectivity index (χ3v) is 6.16. The average molecular weight is 453 g/mol. The van der Waals surface area contributed by atoms with Crippen molar-refractivity contribution in [2.75, 3.05) is 19.6 Å². The molecule has 0 bridgehead atoms. The molecule has 0 amide bonds. The maximum atomic E-state index is 11.2. The van der Waals surface area contributed by atoms with Crippen LogP contribution in [0, 0.1) is 0 Å². The second-order valence-corrected chi connectivity index (χ2v) is 8.95. The molecule has 1 atom stereocenters. The van der Waals surface area contributed by atoms with Crippen molar-refractivity contribution in [2.45, 2.75) is 45.6 Å². The predicted octanol–water partition coefficient (Wildman–Crippen LogP) is 7.89. The Hall–Kier alpha value is -1.03. The van der Waals surface area contributed by atoms with Crippen molar-refractivity contribution in [3.05, 3.63) is 57.0 Å². The van der Waals surface area contributed by atoms with Gasteiger partial charge in [0.05, 0.1) is 11.1 Å². The predicted molar refractivity (Wildman–Crippen MR) is 128 cm³/mol. The molecule has 0 aromatic heterocycles. The second kappa shape index (κ2) is 10.3. The Morgan fingerprint density at radius 1 is 0.862 bits per heavy atom. The van der Waals surface area contributed by atoms with E-state index in [0.717, 1.165) is 65.9 Å². The molecule has 0 spiro atoms. The van der Waals surface area contributed by atoms with Gasteiger partial charge in [0.2, 0.25) is 0 Å². The van der Waals surface area contributed by atoms with Crippen molar-refractivity contribution in [3.8, 4) is 0 Å².